The van der Waals surface area contributed by atoms with Crippen LogP contribution in [0, 0.1) is 0 Å². The van der Waals surface area contributed by atoms with E-state index in [1.807, 2.05) is 48.5 Å². The van der Waals surface area contributed by atoms with E-state index in [4.69, 9.17) is 16.2 Å². The molecule has 1 aromatic heterocycles. The molecule has 0 aliphatic rings. The van der Waals surface area contributed by atoms with Crippen molar-refractivity contribution in [3.63, 3.8) is 0 Å². The monoisotopic (exact) mass is 358 g/mol. The molecule has 0 saturated heterocycles. The first-order valence-electron chi connectivity index (χ1n) is 8.37. The van der Waals surface area contributed by atoms with Gasteiger partial charge in [0.05, 0.1) is 18.5 Å². The number of nitrogens with two attached hydrogens (primary N) is 2. The van der Waals surface area contributed by atoms with Gasteiger partial charge in [-0.05, 0) is 41.8 Å². The molecule has 0 amide bonds. The van der Waals surface area contributed by atoms with Crippen molar-refractivity contribution < 1.29 is 9.84 Å². The minimum Gasteiger partial charge on any atom is -0.507 e. The van der Waals surface area contributed by atoms with Crippen molar-refractivity contribution in [2.75, 3.05) is 18.6 Å². The van der Waals surface area contributed by atoms with Gasteiger partial charge in [-0.3, -0.25) is 0 Å². The number of anilines is 2. The highest BCUT2D eigenvalue weighted by Crippen LogP contribution is 2.38. The van der Waals surface area contributed by atoms with Gasteiger partial charge in [0.25, 0.3) is 0 Å². The Morgan fingerprint density at radius 1 is 0.815 bits per heavy atom. The maximum absolute atomic E-state index is 10.1. The van der Waals surface area contributed by atoms with Gasteiger partial charge in [-0.15, -0.1) is 0 Å². The number of phenolic OH excluding ortho intramolecular Hbond substituents is 1. The molecule has 27 heavy (non-hydrogen) atoms. The maximum atomic E-state index is 10.1. The molecule has 134 valence electrons. The first kappa shape index (κ1) is 16.7. The topological polar surface area (TPSA) is 107 Å². The van der Waals surface area contributed by atoms with Crippen molar-refractivity contribution in [3.8, 4) is 34.0 Å². The minimum atomic E-state index is 0.127. The van der Waals surface area contributed by atoms with E-state index in [0.29, 0.717) is 17.1 Å². The molecule has 4 rings (SSSR count). The van der Waals surface area contributed by atoms with Crippen molar-refractivity contribution in [2.24, 2.45) is 0 Å². The number of phenols is 1. The summed E-state index contributed by atoms with van der Waals surface area (Å²) < 4.78 is 5.20. The first-order valence-corrected chi connectivity index (χ1v) is 8.37. The molecular formula is C21H18N4O2. The largest absolute Gasteiger partial charge is 0.507 e. The number of aromatic hydroxyl groups is 1. The normalized spacial score (nSPS) is 10.9. The number of fused-ring (bicyclic) bond motifs is 1. The molecule has 0 unspecified atom stereocenters. The highest BCUT2D eigenvalue weighted by atomic mass is 16.5. The second kappa shape index (κ2) is 6.49. The predicted molar refractivity (Wildman–Crippen MR) is 107 cm³/mol. The van der Waals surface area contributed by atoms with Crippen LogP contribution < -0.4 is 16.2 Å². The third-order valence-electron chi connectivity index (χ3n) is 4.48. The van der Waals surface area contributed by atoms with E-state index < -0.39 is 0 Å². The Labute approximate surface area is 156 Å². The lowest BCUT2D eigenvalue weighted by molar-refractivity contribution is 0.415. The summed E-state index contributed by atoms with van der Waals surface area (Å²) >= 11 is 0. The van der Waals surface area contributed by atoms with Crippen LogP contribution in [0.2, 0.25) is 0 Å². The quantitative estimate of drug-likeness (QED) is 0.513. The standard InChI is InChI=1S/C21H18N4O2/c1-27-13-8-6-12(7-9-13)19-18(22)20(25-21(23)24-19)16-10-11-17(26)15-5-3-2-4-14(15)16/h2-11,26H,22H2,1H3,(H2,23,24,25). The minimum absolute atomic E-state index is 0.127. The Balaban J connectivity index is 1.95. The number of methoxy groups -OCH3 is 1. The van der Waals surface area contributed by atoms with Gasteiger partial charge in [-0.25, -0.2) is 9.97 Å². The number of nitrogens with zero attached hydrogens (tertiary/aromatic N) is 2. The molecule has 0 spiro atoms. The van der Waals surface area contributed by atoms with Crippen molar-refractivity contribution in [1.82, 2.24) is 9.97 Å². The molecule has 5 N–H and O–H groups in total. The molecule has 3 aromatic carbocycles. The maximum Gasteiger partial charge on any atom is 0.221 e. The molecular weight excluding hydrogens is 340 g/mol. The Morgan fingerprint density at radius 3 is 2.19 bits per heavy atom. The number of nitrogen functional groups attached to an aromatic ring is 2. The molecule has 0 fully saturated rings. The third-order valence-corrected chi connectivity index (χ3v) is 4.48. The molecule has 0 radical (unpaired) electrons. The lowest BCUT2D eigenvalue weighted by atomic mass is 9.98. The molecule has 0 saturated carbocycles. The van der Waals surface area contributed by atoms with Crippen LogP contribution in [0.3, 0.4) is 0 Å². The van der Waals surface area contributed by atoms with Crippen molar-refractivity contribution >= 4 is 22.4 Å². The van der Waals surface area contributed by atoms with Crippen molar-refractivity contribution in [3.05, 3.63) is 60.7 Å². The second-order valence-electron chi connectivity index (χ2n) is 6.10. The fourth-order valence-corrected chi connectivity index (χ4v) is 3.15. The molecule has 0 atom stereocenters. The Bertz CT molecular complexity index is 1140. The zero-order valence-electron chi connectivity index (χ0n) is 14.7. The smallest absolute Gasteiger partial charge is 0.221 e. The van der Waals surface area contributed by atoms with Gasteiger partial charge in [0, 0.05) is 16.5 Å². The van der Waals surface area contributed by atoms with Gasteiger partial charge in [0.15, 0.2) is 0 Å². The molecule has 0 bridgehead atoms. The highest BCUT2D eigenvalue weighted by molar-refractivity contribution is 6.02. The summed E-state index contributed by atoms with van der Waals surface area (Å²) in [5, 5.41) is 11.7. The average Bonchev–Trinajstić information content (AvgIpc) is 2.70. The Kier molecular flexibility index (Phi) is 4.01. The van der Waals surface area contributed by atoms with Crippen LogP contribution in [0.5, 0.6) is 11.5 Å². The fourth-order valence-electron chi connectivity index (χ4n) is 3.15. The van der Waals surface area contributed by atoms with Gasteiger partial charge in [-0.2, -0.15) is 0 Å². The van der Waals surface area contributed by atoms with E-state index in [1.54, 1.807) is 19.2 Å². The summed E-state index contributed by atoms with van der Waals surface area (Å²) in [6.45, 7) is 0. The highest BCUT2D eigenvalue weighted by Gasteiger charge is 2.17. The summed E-state index contributed by atoms with van der Waals surface area (Å²) in [5.74, 6) is 1.07. The van der Waals surface area contributed by atoms with E-state index in [2.05, 4.69) is 9.97 Å². The fraction of sp³-hybridized carbons (Fsp3) is 0.0476. The summed E-state index contributed by atoms with van der Waals surface area (Å²) in [6, 6.07) is 18.4. The van der Waals surface area contributed by atoms with E-state index in [0.717, 1.165) is 27.6 Å². The summed E-state index contributed by atoms with van der Waals surface area (Å²) in [7, 11) is 1.61. The average molecular weight is 358 g/mol. The number of hydrogen-bond donors (Lipinski definition) is 3. The zero-order chi connectivity index (χ0) is 19.0. The molecule has 1 heterocycles. The second-order valence-corrected chi connectivity index (χ2v) is 6.10. The van der Waals surface area contributed by atoms with Crippen LogP contribution >= 0.6 is 0 Å². The Morgan fingerprint density at radius 2 is 1.48 bits per heavy atom. The van der Waals surface area contributed by atoms with Crippen molar-refractivity contribution in [1.29, 1.82) is 0 Å². The first-order chi connectivity index (χ1) is 13.1. The van der Waals surface area contributed by atoms with Gasteiger partial charge in [0.1, 0.15) is 17.2 Å². The summed E-state index contributed by atoms with van der Waals surface area (Å²) in [4.78, 5) is 8.71. The van der Waals surface area contributed by atoms with Gasteiger partial charge < -0.3 is 21.3 Å². The summed E-state index contributed by atoms with van der Waals surface area (Å²) in [6.07, 6.45) is 0. The molecule has 0 aliphatic carbocycles. The van der Waals surface area contributed by atoms with Crippen molar-refractivity contribution in [2.45, 2.75) is 0 Å². The number of ether oxygens (including phenoxy) is 1. The number of rotatable bonds is 3. The SMILES string of the molecule is COc1ccc(-c2nc(N)nc(-c3ccc(O)c4ccccc34)c2N)cc1. The third kappa shape index (κ3) is 2.87. The van der Waals surface area contributed by atoms with E-state index in [9.17, 15) is 5.11 Å². The van der Waals surface area contributed by atoms with Crippen LogP contribution in [0.1, 0.15) is 0 Å². The summed E-state index contributed by atoms with van der Waals surface area (Å²) in [5.41, 5.74) is 15.5. The number of hydrogen-bond acceptors (Lipinski definition) is 6. The van der Waals surface area contributed by atoms with Gasteiger partial charge >= 0.3 is 0 Å². The predicted octanol–water partition coefficient (Wildman–Crippen LogP) is 3.84. The molecule has 6 nitrogen and oxygen atoms in total. The van der Waals surface area contributed by atoms with E-state index in [-0.39, 0.29) is 11.7 Å². The van der Waals surface area contributed by atoms with Gasteiger partial charge in [0.2, 0.25) is 5.95 Å². The zero-order valence-corrected chi connectivity index (χ0v) is 14.7. The van der Waals surface area contributed by atoms with Crippen LogP contribution in [-0.4, -0.2) is 22.2 Å². The van der Waals surface area contributed by atoms with E-state index in [1.165, 1.54) is 0 Å². The van der Waals surface area contributed by atoms with Crippen LogP contribution in [-0.2, 0) is 0 Å². The van der Waals surface area contributed by atoms with Gasteiger partial charge in [-0.1, -0.05) is 24.3 Å². The van der Waals surface area contributed by atoms with Crippen LogP contribution in [0.4, 0.5) is 11.6 Å². The lowest BCUT2D eigenvalue weighted by Gasteiger charge is -2.14. The van der Waals surface area contributed by atoms with E-state index >= 15 is 0 Å². The number of benzene rings is 3. The lowest BCUT2D eigenvalue weighted by Crippen LogP contribution is -2.05. The Hall–Kier alpha value is -3.80. The van der Waals surface area contributed by atoms with Crippen LogP contribution in [0.15, 0.2) is 60.7 Å². The van der Waals surface area contributed by atoms with Crippen LogP contribution in [0.25, 0.3) is 33.3 Å². The molecule has 0 aliphatic heterocycles. The molecule has 4 aromatic rings. The molecule has 6 heteroatoms. The number of aromatic nitrogens is 2.